The van der Waals surface area contributed by atoms with Crippen LogP contribution in [0.1, 0.15) is 40.0 Å². The lowest BCUT2D eigenvalue weighted by atomic mass is 9.82. The van der Waals surface area contributed by atoms with Crippen LogP contribution in [-0.4, -0.2) is 45.5 Å². The van der Waals surface area contributed by atoms with Crippen LogP contribution in [-0.2, 0) is 0 Å². The Morgan fingerprint density at radius 2 is 1.90 bits per heavy atom. The first kappa shape index (κ1) is 17.7. The maximum atomic E-state index is 13.0. The minimum absolute atomic E-state index is 0.00347. The molecule has 0 bridgehead atoms. The van der Waals surface area contributed by atoms with Crippen LogP contribution in [0, 0.1) is 0 Å². The van der Waals surface area contributed by atoms with Crippen molar-refractivity contribution in [1.29, 1.82) is 0 Å². The molecule has 0 aliphatic carbocycles. The van der Waals surface area contributed by atoms with Gasteiger partial charge in [0.1, 0.15) is 11.4 Å². The molecular weight excluding hydrogens is 366 g/mol. The van der Waals surface area contributed by atoms with E-state index in [-0.39, 0.29) is 11.7 Å². The maximum Gasteiger partial charge on any atom is 0.253 e. The molecule has 6 heteroatoms. The molecule has 6 nitrogen and oxygen atoms in total. The second-order valence-corrected chi connectivity index (χ2v) is 7.72. The normalized spacial score (nSPS) is 17.7. The van der Waals surface area contributed by atoms with E-state index in [1.807, 2.05) is 59.5 Å². The Morgan fingerprint density at radius 3 is 2.69 bits per heavy atom. The quantitative estimate of drug-likeness (QED) is 0.727. The van der Waals surface area contributed by atoms with Gasteiger partial charge in [-0.05, 0) is 30.3 Å². The van der Waals surface area contributed by atoms with Gasteiger partial charge in [-0.1, -0.05) is 24.3 Å². The van der Waals surface area contributed by atoms with Gasteiger partial charge in [0.25, 0.3) is 5.91 Å². The number of benzene rings is 2. The van der Waals surface area contributed by atoms with Crippen molar-refractivity contribution in [2.45, 2.75) is 24.9 Å². The van der Waals surface area contributed by atoms with Crippen LogP contribution in [0.5, 0.6) is 5.75 Å². The molecule has 1 spiro atoms. The number of hydrogen-bond acceptors (Lipinski definition) is 4. The van der Waals surface area contributed by atoms with Gasteiger partial charge in [-0.2, -0.15) is 5.10 Å². The molecule has 1 N–H and O–H groups in total. The maximum absolute atomic E-state index is 13.0. The Labute approximate surface area is 168 Å². The number of rotatable bonds is 2. The highest BCUT2D eigenvalue weighted by atomic mass is 16.5. The minimum atomic E-state index is -0.500. The van der Waals surface area contributed by atoms with E-state index in [1.54, 1.807) is 6.20 Å². The van der Waals surface area contributed by atoms with Crippen LogP contribution in [0.25, 0.3) is 11.3 Å². The number of Topliss-reactive ketones (excluding diaryl/α,β-unsaturated/α-hetero) is 1. The number of carbonyl (C=O) groups excluding carboxylic acids is 2. The van der Waals surface area contributed by atoms with Gasteiger partial charge in [0, 0.05) is 43.3 Å². The first-order chi connectivity index (χ1) is 14.1. The number of likely N-dealkylation sites (tertiary alicyclic amines) is 1. The van der Waals surface area contributed by atoms with Crippen molar-refractivity contribution < 1.29 is 14.3 Å². The summed E-state index contributed by atoms with van der Waals surface area (Å²) < 4.78 is 6.26. The predicted molar refractivity (Wildman–Crippen MR) is 108 cm³/mol. The lowest BCUT2D eigenvalue weighted by molar-refractivity contribution is -0.00570. The number of aromatic amines is 1. The summed E-state index contributed by atoms with van der Waals surface area (Å²) in [5.74, 6) is 0.790. The van der Waals surface area contributed by atoms with Crippen LogP contribution in [0.2, 0.25) is 0 Å². The zero-order valence-corrected chi connectivity index (χ0v) is 15.9. The van der Waals surface area contributed by atoms with Crippen molar-refractivity contribution in [2.75, 3.05) is 13.1 Å². The molecule has 146 valence electrons. The number of nitrogens with zero attached hydrogens (tertiary/aromatic N) is 2. The molecule has 2 aliphatic rings. The van der Waals surface area contributed by atoms with Crippen LogP contribution in [0.15, 0.2) is 60.8 Å². The fraction of sp³-hybridized carbons (Fsp3) is 0.261. The number of ketones is 1. The van der Waals surface area contributed by atoms with Crippen LogP contribution in [0.4, 0.5) is 0 Å². The molecule has 0 saturated carbocycles. The second kappa shape index (κ2) is 6.88. The summed E-state index contributed by atoms with van der Waals surface area (Å²) in [5, 5.41) is 6.90. The van der Waals surface area contributed by atoms with E-state index in [1.165, 1.54) is 0 Å². The minimum Gasteiger partial charge on any atom is -0.486 e. The Bertz CT molecular complexity index is 1070. The molecule has 0 radical (unpaired) electrons. The average molecular weight is 387 g/mol. The third kappa shape index (κ3) is 3.20. The monoisotopic (exact) mass is 387 g/mol. The fourth-order valence-electron chi connectivity index (χ4n) is 4.26. The molecular formula is C23H21N3O3. The standard InChI is InChI=1S/C23H21N3O3/c27-20-15-23(29-21-7-2-1-6-18(20)21)9-12-26(13-10-23)22(28)17-5-3-4-16(14-17)19-8-11-24-25-19/h1-8,11,14H,9-10,12-13,15H2,(H,24,25). The van der Waals surface area contributed by atoms with Gasteiger partial charge in [0.05, 0.1) is 17.7 Å². The lowest BCUT2D eigenvalue weighted by Crippen LogP contribution is -2.52. The number of amides is 1. The van der Waals surface area contributed by atoms with Crippen molar-refractivity contribution in [3.8, 4) is 17.0 Å². The highest BCUT2D eigenvalue weighted by Crippen LogP contribution is 2.39. The summed E-state index contributed by atoms with van der Waals surface area (Å²) in [4.78, 5) is 27.5. The van der Waals surface area contributed by atoms with Crippen LogP contribution in [0.3, 0.4) is 0 Å². The molecule has 1 aromatic heterocycles. The molecule has 1 saturated heterocycles. The van der Waals surface area contributed by atoms with Crippen molar-refractivity contribution in [3.05, 3.63) is 71.9 Å². The number of hydrogen-bond donors (Lipinski definition) is 1. The van der Waals surface area contributed by atoms with E-state index in [9.17, 15) is 9.59 Å². The van der Waals surface area contributed by atoms with E-state index in [2.05, 4.69) is 10.2 Å². The predicted octanol–water partition coefficient (Wildman–Crippen LogP) is 3.72. The van der Waals surface area contributed by atoms with Gasteiger partial charge in [-0.15, -0.1) is 0 Å². The van der Waals surface area contributed by atoms with Gasteiger partial charge in [0.2, 0.25) is 0 Å². The molecule has 2 aromatic carbocycles. The highest BCUT2D eigenvalue weighted by Gasteiger charge is 2.43. The first-order valence-corrected chi connectivity index (χ1v) is 9.84. The summed E-state index contributed by atoms with van der Waals surface area (Å²) >= 11 is 0. The lowest BCUT2D eigenvalue weighted by Gasteiger charge is -2.44. The van der Waals surface area contributed by atoms with E-state index >= 15 is 0 Å². The Kier molecular flexibility index (Phi) is 4.19. The topological polar surface area (TPSA) is 75.3 Å². The number of ether oxygens (including phenoxy) is 1. The molecule has 29 heavy (non-hydrogen) atoms. The molecule has 1 amide bonds. The van der Waals surface area contributed by atoms with E-state index in [4.69, 9.17) is 4.74 Å². The Morgan fingerprint density at radius 1 is 1.07 bits per heavy atom. The molecule has 1 fully saturated rings. The smallest absolute Gasteiger partial charge is 0.253 e. The number of carbonyl (C=O) groups is 2. The van der Waals surface area contributed by atoms with Gasteiger partial charge >= 0.3 is 0 Å². The molecule has 3 heterocycles. The highest BCUT2D eigenvalue weighted by molar-refractivity contribution is 6.00. The van der Waals surface area contributed by atoms with Gasteiger partial charge in [-0.25, -0.2) is 0 Å². The van der Waals surface area contributed by atoms with Crippen molar-refractivity contribution in [3.63, 3.8) is 0 Å². The van der Waals surface area contributed by atoms with Crippen molar-refractivity contribution in [2.24, 2.45) is 0 Å². The average Bonchev–Trinajstić information content (AvgIpc) is 3.29. The molecule has 0 unspecified atom stereocenters. The second-order valence-electron chi connectivity index (χ2n) is 7.72. The number of para-hydroxylation sites is 1. The summed E-state index contributed by atoms with van der Waals surface area (Å²) in [6, 6.07) is 16.9. The number of aromatic nitrogens is 2. The van der Waals surface area contributed by atoms with E-state index < -0.39 is 5.60 Å². The third-order valence-corrected chi connectivity index (χ3v) is 5.88. The summed E-state index contributed by atoms with van der Waals surface area (Å²) in [6.07, 6.45) is 3.37. The number of nitrogens with one attached hydrogen (secondary N) is 1. The fourth-order valence-corrected chi connectivity index (χ4v) is 4.26. The molecule has 2 aliphatic heterocycles. The van der Waals surface area contributed by atoms with Gasteiger partial charge in [-0.3, -0.25) is 14.7 Å². The van der Waals surface area contributed by atoms with Gasteiger partial charge < -0.3 is 9.64 Å². The molecule has 5 rings (SSSR count). The number of fused-ring (bicyclic) bond motifs is 1. The zero-order chi connectivity index (χ0) is 19.8. The summed E-state index contributed by atoms with van der Waals surface area (Å²) in [7, 11) is 0. The van der Waals surface area contributed by atoms with Crippen molar-refractivity contribution >= 4 is 11.7 Å². The Balaban J connectivity index is 1.31. The van der Waals surface area contributed by atoms with E-state index in [0.29, 0.717) is 49.2 Å². The Hall–Kier alpha value is -3.41. The summed E-state index contributed by atoms with van der Waals surface area (Å²) in [6.45, 7) is 1.14. The SMILES string of the molecule is O=C1CC2(CCN(C(=O)c3cccc(-c4ccn[nH]4)c3)CC2)Oc2ccccc21. The third-order valence-electron chi connectivity index (χ3n) is 5.88. The molecule has 0 atom stereocenters. The number of H-pyrrole nitrogens is 1. The molecule has 3 aromatic rings. The first-order valence-electron chi connectivity index (χ1n) is 9.84. The summed E-state index contributed by atoms with van der Waals surface area (Å²) in [5.41, 5.74) is 2.62. The van der Waals surface area contributed by atoms with Gasteiger partial charge in [0.15, 0.2) is 5.78 Å². The largest absolute Gasteiger partial charge is 0.486 e. The zero-order valence-electron chi connectivity index (χ0n) is 15.9. The van der Waals surface area contributed by atoms with Crippen LogP contribution < -0.4 is 4.74 Å². The van der Waals surface area contributed by atoms with Crippen LogP contribution >= 0.6 is 0 Å². The van der Waals surface area contributed by atoms with E-state index in [0.717, 1.165) is 11.3 Å². The van der Waals surface area contributed by atoms with Crippen molar-refractivity contribution in [1.82, 2.24) is 15.1 Å². The number of piperidine rings is 1.